The number of amides is 1. The molecular formula is C20H25N9O4. The van der Waals surface area contributed by atoms with E-state index in [4.69, 9.17) is 5.73 Å². The number of hydrogen-bond donors (Lipinski definition) is 4. The number of nitrogens with one attached hydrogen (secondary N) is 1. The molecule has 4 rings (SSSR count). The summed E-state index contributed by atoms with van der Waals surface area (Å²) in [5.41, 5.74) is 9.05. The molecule has 0 unspecified atom stereocenters. The average molecular weight is 455 g/mol. The Morgan fingerprint density at radius 3 is 2.82 bits per heavy atom. The summed E-state index contributed by atoms with van der Waals surface area (Å²) in [6.45, 7) is 0.370. The van der Waals surface area contributed by atoms with Gasteiger partial charge in [0.1, 0.15) is 11.5 Å². The van der Waals surface area contributed by atoms with Crippen LogP contribution in [0.4, 0.5) is 5.82 Å². The molecule has 0 bridgehead atoms. The van der Waals surface area contributed by atoms with Crippen LogP contribution in [-0.4, -0.2) is 65.6 Å². The Morgan fingerprint density at radius 1 is 1.33 bits per heavy atom. The number of rotatable bonds is 7. The fraction of sp³-hybridized carbons (Fsp3) is 0.400. The monoisotopic (exact) mass is 455 g/mol. The van der Waals surface area contributed by atoms with Gasteiger partial charge in [-0.25, -0.2) is 10.1 Å². The van der Waals surface area contributed by atoms with E-state index in [9.17, 15) is 15.0 Å². The van der Waals surface area contributed by atoms with Crippen molar-refractivity contribution in [3.63, 3.8) is 0 Å². The number of benzene rings is 1. The highest BCUT2D eigenvalue weighted by Crippen LogP contribution is 2.25. The molecule has 0 saturated heterocycles. The number of anilines is 1. The molecule has 174 valence electrons. The van der Waals surface area contributed by atoms with E-state index >= 15 is 0 Å². The summed E-state index contributed by atoms with van der Waals surface area (Å²) in [7, 11) is 1.99. The number of nitrogens with zero attached hydrogens (tertiary/aromatic N) is 7. The van der Waals surface area contributed by atoms with Crippen LogP contribution in [0.5, 0.6) is 11.5 Å². The summed E-state index contributed by atoms with van der Waals surface area (Å²) < 4.78 is 6.03. The predicted molar refractivity (Wildman–Crippen MR) is 117 cm³/mol. The number of carbonyl (C=O) groups is 1. The van der Waals surface area contributed by atoms with Crippen LogP contribution >= 0.6 is 0 Å². The molecule has 0 aliphatic heterocycles. The van der Waals surface area contributed by atoms with Crippen LogP contribution in [-0.2, 0) is 6.54 Å². The second-order valence-corrected chi connectivity index (χ2v) is 7.92. The van der Waals surface area contributed by atoms with Gasteiger partial charge in [-0.15, -0.1) is 5.10 Å². The van der Waals surface area contributed by atoms with Crippen LogP contribution in [0.3, 0.4) is 0 Å². The summed E-state index contributed by atoms with van der Waals surface area (Å²) in [6.07, 6.45) is 6.97. The number of aromatic hydroxyl groups is 2. The zero-order chi connectivity index (χ0) is 23.4. The summed E-state index contributed by atoms with van der Waals surface area (Å²) >= 11 is 0. The van der Waals surface area contributed by atoms with Gasteiger partial charge in [0.25, 0.3) is 5.91 Å². The van der Waals surface area contributed by atoms with Crippen molar-refractivity contribution in [1.29, 1.82) is 0 Å². The third-order valence-electron chi connectivity index (χ3n) is 5.66. The number of phenolic OH excluding ortho intramolecular Hbond substituents is 2. The highest BCUT2D eigenvalue weighted by atomic mass is 16.6. The third kappa shape index (κ3) is 4.92. The first-order valence-corrected chi connectivity index (χ1v) is 10.5. The second-order valence-electron chi connectivity index (χ2n) is 7.92. The van der Waals surface area contributed by atoms with Crippen LogP contribution in [0, 0.1) is 0 Å². The molecule has 0 spiro atoms. The zero-order valence-electron chi connectivity index (χ0n) is 18.0. The van der Waals surface area contributed by atoms with Crippen LogP contribution < -0.4 is 11.2 Å². The van der Waals surface area contributed by atoms with E-state index in [1.165, 1.54) is 48.4 Å². The molecule has 2 aromatic heterocycles. The Bertz CT molecular complexity index is 1150. The van der Waals surface area contributed by atoms with Gasteiger partial charge in [-0.1, -0.05) is 24.5 Å². The largest absolute Gasteiger partial charge is 0.508 e. The molecule has 1 aliphatic rings. The first kappa shape index (κ1) is 22.2. The van der Waals surface area contributed by atoms with Crippen molar-refractivity contribution in [2.75, 3.05) is 12.8 Å². The van der Waals surface area contributed by atoms with Crippen molar-refractivity contribution in [2.45, 2.75) is 44.7 Å². The maximum atomic E-state index is 12.9. The molecule has 1 saturated carbocycles. The first-order chi connectivity index (χ1) is 15.9. The quantitative estimate of drug-likeness (QED) is 0.298. The minimum atomic E-state index is -0.599. The van der Waals surface area contributed by atoms with Crippen molar-refractivity contribution in [1.82, 2.24) is 35.6 Å². The lowest BCUT2D eigenvalue weighted by molar-refractivity contribution is 0.0946. The van der Waals surface area contributed by atoms with Crippen molar-refractivity contribution in [2.24, 2.45) is 5.10 Å². The number of phenols is 2. The Balaban J connectivity index is 1.57. The molecule has 13 nitrogen and oxygen atoms in total. The number of hydrazone groups is 1. The zero-order valence-corrected chi connectivity index (χ0v) is 18.0. The number of nitrogens with two attached hydrogens (primary N) is 1. The molecule has 1 amide bonds. The van der Waals surface area contributed by atoms with Gasteiger partial charge in [0, 0.05) is 24.2 Å². The van der Waals surface area contributed by atoms with Gasteiger partial charge in [-0.05, 0) is 42.3 Å². The molecule has 13 heteroatoms. The molecular weight excluding hydrogens is 430 g/mol. The predicted octanol–water partition coefficient (Wildman–Crippen LogP) is 1.17. The fourth-order valence-corrected chi connectivity index (χ4v) is 3.87. The maximum Gasteiger partial charge on any atom is 0.293 e. The smallest absolute Gasteiger partial charge is 0.293 e. The minimum Gasteiger partial charge on any atom is -0.508 e. The van der Waals surface area contributed by atoms with Crippen molar-refractivity contribution >= 4 is 17.9 Å². The van der Waals surface area contributed by atoms with Gasteiger partial charge < -0.3 is 15.9 Å². The lowest BCUT2D eigenvalue weighted by Gasteiger charge is -2.31. The average Bonchev–Trinajstić information content (AvgIpc) is 3.41. The van der Waals surface area contributed by atoms with Crippen LogP contribution in [0.2, 0.25) is 0 Å². The molecule has 33 heavy (non-hydrogen) atoms. The maximum absolute atomic E-state index is 12.9. The van der Waals surface area contributed by atoms with E-state index in [-0.39, 0.29) is 28.8 Å². The molecule has 2 heterocycles. The Morgan fingerprint density at radius 2 is 2.12 bits per heavy atom. The highest BCUT2D eigenvalue weighted by Gasteiger charge is 2.27. The molecule has 5 N–H and O–H groups in total. The van der Waals surface area contributed by atoms with Crippen LogP contribution in [0.25, 0.3) is 5.82 Å². The van der Waals surface area contributed by atoms with Crippen LogP contribution in [0.15, 0.2) is 27.9 Å². The van der Waals surface area contributed by atoms with Gasteiger partial charge in [-0.2, -0.15) is 9.78 Å². The fourth-order valence-electron chi connectivity index (χ4n) is 3.87. The minimum absolute atomic E-state index is 0.0225. The summed E-state index contributed by atoms with van der Waals surface area (Å²) in [4.78, 5) is 15.0. The molecule has 0 radical (unpaired) electrons. The van der Waals surface area contributed by atoms with Crippen molar-refractivity contribution in [3.05, 3.63) is 35.2 Å². The summed E-state index contributed by atoms with van der Waals surface area (Å²) in [5.74, 6) is -0.695. The Hall–Kier alpha value is -4.00. The van der Waals surface area contributed by atoms with Gasteiger partial charge >= 0.3 is 0 Å². The van der Waals surface area contributed by atoms with Crippen molar-refractivity contribution < 1.29 is 19.6 Å². The normalized spacial score (nSPS) is 14.8. The molecule has 3 aromatic rings. The topological polar surface area (TPSA) is 181 Å². The summed E-state index contributed by atoms with van der Waals surface area (Å²) in [6, 6.07) is 4.40. The number of hydrogen-bond acceptors (Lipinski definition) is 11. The lowest BCUT2D eigenvalue weighted by atomic mass is 9.94. The Kier molecular flexibility index (Phi) is 6.49. The van der Waals surface area contributed by atoms with Crippen LogP contribution in [0.1, 0.15) is 53.8 Å². The van der Waals surface area contributed by atoms with E-state index in [1.807, 2.05) is 7.05 Å². The molecule has 0 atom stereocenters. The van der Waals surface area contributed by atoms with E-state index < -0.39 is 5.91 Å². The highest BCUT2D eigenvalue weighted by molar-refractivity contribution is 5.94. The van der Waals surface area contributed by atoms with Gasteiger partial charge in [-0.3, -0.25) is 9.69 Å². The lowest BCUT2D eigenvalue weighted by Crippen LogP contribution is -2.34. The van der Waals surface area contributed by atoms with E-state index in [0.717, 1.165) is 12.8 Å². The molecule has 1 aliphatic carbocycles. The SMILES string of the molecule is CN(Cc1c(C(=O)N/N=C\c2ccc(O)cc2O)nnn1-c1nonc1N)C1CCCCC1. The van der Waals surface area contributed by atoms with E-state index in [2.05, 4.69) is 40.7 Å². The summed E-state index contributed by atoms with van der Waals surface area (Å²) in [5, 5.41) is 38.5. The first-order valence-electron chi connectivity index (χ1n) is 10.5. The van der Waals surface area contributed by atoms with E-state index in [0.29, 0.717) is 23.8 Å². The number of nitrogen functional groups attached to an aromatic ring is 1. The standard InChI is InChI=1S/C20H25N9O4/c1-28(13-5-3-2-4-6-13)11-15-17(23-27-29(15)19-18(21)25-33-26-19)20(32)24-22-10-12-7-8-14(30)9-16(12)31/h7-10,13,30-31H,2-6,11H2,1H3,(H2,21,25)(H,24,32)/b22-10-. The van der Waals surface area contributed by atoms with Gasteiger partial charge in [0.2, 0.25) is 11.6 Å². The van der Waals surface area contributed by atoms with E-state index in [1.54, 1.807) is 0 Å². The van der Waals surface area contributed by atoms with Gasteiger partial charge in [0.15, 0.2) is 5.69 Å². The molecule has 1 aromatic carbocycles. The second kappa shape index (κ2) is 9.65. The molecule has 1 fully saturated rings. The van der Waals surface area contributed by atoms with Gasteiger partial charge in [0.05, 0.1) is 11.9 Å². The van der Waals surface area contributed by atoms with Crippen molar-refractivity contribution in [3.8, 4) is 17.3 Å². The number of aromatic nitrogens is 5. The number of carbonyl (C=O) groups excluding carboxylic acids is 1. The Labute approximate surface area is 188 Å². The third-order valence-corrected chi connectivity index (χ3v) is 5.66.